The van der Waals surface area contributed by atoms with Gasteiger partial charge >= 0.3 is 0 Å². The molecule has 1 unspecified atom stereocenters. The Morgan fingerprint density at radius 3 is 2.50 bits per heavy atom. The zero-order valence-electron chi connectivity index (χ0n) is 12.1. The summed E-state index contributed by atoms with van der Waals surface area (Å²) in [6, 6.07) is 2.67. The van der Waals surface area contributed by atoms with Crippen molar-refractivity contribution >= 4 is 21.7 Å². The van der Waals surface area contributed by atoms with Crippen LogP contribution < -0.4 is 4.90 Å². The number of rotatable bonds is 6. The van der Waals surface area contributed by atoms with E-state index >= 15 is 0 Å². The van der Waals surface area contributed by atoms with Crippen molar-refractivity contribution in [1.82, 2.24) is 9.88 Å². The Labute approximate surface area is 119 Å². The molecule has 0 saturated carbocycles. The number of likely N-dealkylation sites (N-methyl/N-ethyl adjacent to an activating group) is 2. The Kier molecular flexibility index (Phi) is 6.09. The van der Waals surface area contributed by atoms with E-state index in [1.165, 1.54) is 11.1 Å². The molecule has 0 N–H and O–H groups in total. The van der Waals surface area contributed by atoms with Gasteiger partial charge in [0.1, 0.15) is 5.82 Å². The highest BCUT2D eigenvalue weighted by molar-refractivity contribution is 9.08. The van der Waals surface area contributed by atoms with E-state index in [0.29, 0.717) is 6.04 Å². The summed E-state index contributed by atoms with van der Waals surface area (Å²) in [5.74, 6) is 1.11. The van der Waals surface area contributed by atoms with Crippen molar-refractivity contribution in [2.24, 2.45) is 0 Å². The number of halogens is 1. The van der Waals surface area contributed by atoms with E-state index in [-0.39, 0.29) is 0 Å². The fourth-order valence-electron chi connectivity index (χ4n) is 2.30. The molecule has 1 aromatic rings. The number of anilines is 1. The summed E-state index contributed by atoms with van der Waals surface area (Å²) in [7, 11) is 4.22. The summed E-state index contributed by atoms with van der Waals surface area (Å²) in [5.41, 5.74) is 2.48. The SMILES string of the molecule is CCN(c1ncc(CBr)cc1C)C(C)CN(C)C. The minimum absolute atomic E-state index is 0.464. The van der Waals surface area contributed by atoms with Gasteiger partial charge in [0, 0.05) is 30.7 Å². The lowest BCUT2D eigenvalue weighted by atomic mass is 10.2. The van der Waals surface area contributed by atoms with Gasteiger partial charge in [-0.2, -0.15) is 0 Å². The van der Waals surface area contributed by atoms with Crippen LogP contribution >= 0.6 is 15.9 Å². The summed E-state index contributed by atoms with van der Waals surface area (Å²) in [4.78, 5) is 9.21. The first-order chi connectivity index (χ1) is 8.49. The molecule has 0 aromatic carbocycles. The molecule has 1 aromatic heterocycles. The molecule has 1 heterocycles. The fourth-order valence-corrected chi connectivity index (χ4v) is 2.60. The predicted octanol–water partition coefficient (Wildman–Crippen LogP) is 3.06. The smallest absolute Gasteiger partial charge is 0.131 e. The molecule has 0 aliphatic heterocycles. The van der Waals surface area contributed by atoms with Gasteiger partial charge < -0.3 is 9.80 Å². The van der Waals surface area contributed by atoms with Gasteiger partial charge in [0.2, 0.25) is 0 Å². The Morgan fingerprint density at radius 1 is 1.39 bits per heavy atom. The maximum atomic E-state index is 4.63. The largest absolute Gasteiger partial charge is 0.353 e. The Hall–Kier alpha value is -0.610. The topological polar surface area (TPSA) is 19.4 Å². The van der Waals surface area contributed by atoms with Crippen molar-refractivity contribution in [3.8, 4) is 0 Å². The second-order valence-corrected chi connectivity index (χ2v) is 5.58. The van der Waals surface area contributed by atoms with Crippen LogP contribution in [-0.4, -0.2) is 43.1 Å². The molecule has 0 amide bonds. The summed E-state index contributed by atoms with van der Waals surface area (Å²) < 4.78 is 0. The number of aryl methyl sites for hydroxylation is 1. The number of alkyl halides is 1. The monoisotopic (exact) mass is 313 g/mol. The number of hydrogen-bond donors (Lipinski definition) is 0. The maximum Gasteiger partial charge on any atom is 0.131 e. The first kappa shape index (κ1) is 15.4. The van der Waals surface area contributed by atoms with E-state index in [1.54, 1.807) is 0 Å². The van der Waals surface area contributed by atoms with Crippen LogP contribution in [0.5, 0.6) is 0 Å². The first-order valence-corrected chi connectivity index (χ1v) is 7.54. The van der Waals surface area contributed by atoms with Crippen molar-refractivity contribution in [3.63, 3.8) is 0 Å². The molecule has 1 atom stereocenters. The Balaban J connectivity index is 2.94. The average Bonchev–Trinajstić information content (AvgIpc) is 2.31. The Bertz CT molecular complexity index is 379. The fraction of sp³-hybridized carbons (Fsp3) is 0.643. The summed E-state index contributed by atoms with van der Waals surface area (Å²) >= 11 is 3.47. The zero-order chi connectivity index (χ0) is 13.7. The average molecular weight is 314 g/mol. The van der Waals surface area contributed by atoms with Crippen molar-refractivity contribution in [2.45, 2.75) is 32.1 Å². The minimum atomic E-state index is 0.464. The second kappa shape index (κ2) is 7.10. The highest BCUT2D eigenvalue weighted by atomic mass is 79.9. The number of pyridine rings is 1. The molecule has 18 heavy (non-hydrogen) atoms. The number of nitrogens with zero attached hydrogens (tertiary/aromatic N) is 3. The van der Waals surface area contributed by atoms with Gasteiger partial charge in [0.05, 0.1) is 0 Å². The number of aromatic nitrogens is 1. The molecule has 0 fully saturated rings. The Morgan fingerprint density at radius 2 is 2.06 bits per heavy atom. The molecule has 3 nitrogen and oxygen atoms in total. The van der Waals surface area contributed by atoms with E-state index in [4.69, 9.17) is 0 Å². The summed E-state index contributed by atoms with van der Waals surface area (Å²) in [6.45, 7) is 8.60. The van der Waals surface area contributed by atoms with Crippen LogP contribution in [0.4, 0.5) is 5.82 Å². The zero-order valence-corrected chi connectivity index (χ0v) is 13.7. The van der Waals surface area contributed by atoms with Crippen molar-refractivity contribution in [1.29, 1.82) is 0 Å². The molecule has 0 aliphatic rings. The van der Waals surface area contributed by atoms with Crippen LogP contribution in [0, 0.1) is 6.92 Å². The highest BCUT2D eigenvalue weighted by Crippen LogP contribution is 2.21. The van der Waals surface area contributed by atoms with Gasteiger partial charge in [0.15, 0.2) is 0 Å². The van der Waals surface area contributed by atoms with E-state index in [9.17, 15) is 0 Å². The second-order valence-electron chi connectivity index (χ2n) is 5.01. The van der Waals surface area contributed by atoms with E-state index in [1.807, 2.05) is 6.20 Å². The lowest BCUT2D eigenvalue weighted by Gasteiger charge is -2.32. The highest BCUT2D eigenvalue weighted by Gasteiger charge is 2.16. The third-order valence-corrected chi connectivity index (χ3v) is 3.68. The van der Waals surface area contributed by atoms with Gasteiger partial charge in [0.25, 0.3) is 0 Å². The third kappa shape index (κ3) is 3.95. The summed E-state index contributed by atoms with van der Waals surface area (Å²) in [6.07, 6.45) is 1.96. The molecule has 102 valence electrons. The van der Waals surface area contributed by atoms with Gasteiger partial charge in [-0.05, 0) is 46.0 Å². The van der Waals surface area contributed by atoms with E-state index < -0.39 is 0 Å². The molecule has 0 bridgehead atoms. The van der Waals surface area contributed by atoms with Crippen LogP contribution in [0.1, 0.15) is 25.0 Å². The quantitative estimate of drug-likeness (QED) is 0.752. The molecular weight excluding hydrogens is 290 g/mol. The molecule has 4 heteroatoms. The van der Waals surface area contributed by atoms with E-state index in [2.05, 4.69) is 71.6 Å². The standard InChI is InChI=1S/C14H24BrN3/c1-6-18(12(3)10-17(4)5)14-11(2)7-13(8-15)9-16-14/h7,9,12H,6,8,10H2,1-5H3. The van der Waals surface area contributed by atoms with E-state index in [0.717, 1.165) is 24.2 Å². The van der Waals surface area contributed by atoms with Gasteiger partial charge in [-0.15, -0.1) is 0 Å². The lowest BCUT2D eigenvalue weighted by molar-refractivity contribution is 0.372. The number of hydrogen-bond acceptors (Lipinski definition) is 3. The van der Waals surface area contributed by atoms with Crippen molar-refractivity contribution in [2.75, 3.05) is 32.1 Å². The minimum Gasteiger partial charge on any atom is -0.353 e. The van der Waals surface area contributed by atoms with Crippen LogP contribution in [-0.2, 0) is 5.33 Å². The molecule has 0 aliphatic carbocycles. The lowest BCUT2D eigenvalue weighted by Crippen LogP contribution is -2.40. The molecular formula is C14H24BrN3. The normalized spacial score (nSPS) is 12.8. The maximum absolute atomic E-state index is 4.63. The molecule has 1 rings (SSSR count). The van der Waals surface area contributed by atoms with Gasteiger partial charge in [-0.3, -0.25) is 0 Å². The predicted molar refractivity (Wildman–Crippen MR) is 82.6 cm³/mol. The van der Waals surface area contributed by atoms with Crippen LogP contribution in [0.15, 0.2) is 12.3 Å². The summed E-state index contributed by atoms with van der Waals surface area (Å²) in [5, 5.41) is 0.862. The van der Waals surface area contributed by atoms with Crippen molar-refractivity contribution < 1.29 is 0 Å². The first-order valence-electron chi connectivity index (χ1n) is 6.42. The molecule has 0 radical (unpaired) electrons. The van der Waals surface area contributed by atoms with Crippen LogP contribution in [0.2, 0.25) is 0 Å². The van der Waals surface area contributed by atoms with Crippen molar-refractivity contribution in [3.05, 3.63) is 23.4 Å². The van der Waals surface area contributed by atoms with Gasteiger partial charge in [-0.1, -0.05) is 22.0 Å². The van der Waals surface area contributed by atoms with Gasteiger partial charge in [-0.25, -0.2) is 4.98 Å². The van der Waals surface area contributed by atoms with Crippen LogP contribution in [0.3, 0.4) is 0 Å². The molecule has 0 spiro atoms. The van der Waals surface area contributed by atoms with Crippen LogP contribution in [0.25, 0.3) is 0 Å². The molecule has 0 saturated heterocycles. The third-order valence-electron chi connectivity index (χ3n) is 3.04.